The van der Waals surface area contributed by atoms with Gasteiger partial charge in [0.2, 0.25) is 0 Å². The van der Waals surface area contributed by atoms with Gasteiger partial charge >= 0.3 is 11.9 Å². The Kier molecular flexibility index (Phi) is 7.50. The zero-order valence-electron chi connectivity index (χ0n) is 14.3. The highest BCUT2D eigenvalue weighted by molar-refractivity contribution is 5.84. The zero-order valence-corrected chi connectivity index (χ0v) is 14.3. The first-order valence-corrected chi connectivity index (χ1v) is 7.90. The van der Waals surface area contributed by atoms with Crippen molar-refractivity contribution in [1.82, 2.24) is 0 Å². The van der Waals surface area contributed by atoms with Crippen molar-refractivity contribution >= 4 is 11.9 Å². The first-order chi connectivity index (χ1) is 13.3. The number of halogens is 4. The monoisotopic (exact) mass is 394 g/mol. The summed E-state index contributed by atoms with van der Waals surface area (Å²) in [5, 5.41) is 0. The lowest BCUT2D eigenvalue weighted by Crippen LogP contribution is -2.02. The Hall–Kier alpha value is -3.42. The Morgan fingerprint density at radius 1 is 0.643 bits per heavy atom. The van der Waals surface area contributed by atoms with Crippen LogP contribution < -0.4 is 0 Å². The van der Waals surface area contributed by atoms with E-state index in [1.807, 2.05) is 0 Å². The minimum absolute atomic E-state index is 0.146. The Morgan fingerprint density at radius 2 is 0.964 bits per heavy atom. The molecule has 2 aromatic rings. The number of esters is 2. The van der Waals surface area contributed by atoms with Gasteiger partial charge in [0.25, 0.3) is 0 Å². The molecule has 2 rings (SSSR count). The third kappa shape index (κ3) is 7.45. The highest BCUT2D eigenvalue weighted by Gasteiger charge is 2.04. The maximum atomic E-state index is 13.0. The van der Waals surface area contributed by atoms with Crippen molar-refractivity contribution in [3.05, 3.63) is 95.1 Å². The molecule has 0 aliphatic carbocycles. The molecule has 0 saturated heterocycles. The van der Waals surface area contributed by atoms with Gasteiger partial charge in [0, 0.05) is 24.3 Å². The fraction of sp³-hybridized carbons (Fsp3) is 0.100. The summed E-state index contributed by atoms with van der Waals surface area (Å²) in [6.45, 7) is -0.651. The number of hydrogen-bond acceptors (Lipinski definition) is 4. The van der Waals surface area contributed by atoms with E-state index in [1.165, 1.54) is 12.2 Å². The second-order valence-electron chi connectivity index (χ2n) is 5.49. The summed E-state index contributed by atoms with van der Waals surface area (Å²) >= 11 is 0. The smallest absolute Gasteiger partial charge is 0.331 e. The second kappa shape index (κ2) is 10.1. The Morgan fingerprint density at radius 3 is 1.29 bits per heavy atom. The minimum atomic E-state index is -0.794. The van der Waals surface area contributed by atoms with Crippen LogP contribution in [0, 0.1) is 23.3 Å². The zero-order chi connectivity index (χ0) is 20.5. The molecule has 0 bridgehead atoms. The van der Waals surface area contributed by atoms with E-state index < -0.39 is 35.2 Å². The van der Waals surface area contributed by atoms with Crippen molar-refractivity contribution in [2.75, 3.05) is 0 Å². The summed E-state index contributed by atoms with van der Waals surface area (Å²) in [6.07, 6.45) is 4.36. The van der Waals surface area contributed by atoms with E-state index in [2.05, 4.69) is 0 Å². The van der Waals surface area contributed by atoms with Gasteiger partial charge < -0.3 is 9.47 Å². The molecule has 0 fully saturated rings. The first-order valence-electron chi connectivity index (χ1n) is 7.90. The van der Waals surface area contributed by atoms with E-state index in [-0.39, 0.29) is 24.3 Å². The van der Waals surface area contributed by atoms with Crippen LogP contribution in [-0.2, 0) is 32.3 Å². The second-order valence-corrected chi connectivity index (χ2v) is 5.49. The molecule has 8 heteroatoms. The molecule has 0 aromatic heterocycles. The maximum absolute atomic E-state index is 13.0. The molecule has 0 aliphatic rings. The minimum Gasteiger partial charge on any atom is -0.458 e. The molecular weight excluding hydrogens is 380 g/mol. The van der Waals surface area contributed by atoms with Crippen LogP contribution in [0.2, 0.25) is 0 Å². The maximum Gasteiger partial charge on any atom is 0.331 e. The van der Waals surface area contributed by atoms with E-state index in [4.69, 9.17) is 9.47 Å². The topological polar surface area (TPSA) is 52.6 Å². The molecule has 0 atom stereocenters. The normalized spacial score (nSPS) is 11.1. The van der Waals surface area contributed by atoms with Crippen LogP contribution in [0.15, 0.2) is 60.7 Å². The molecule has 0 aliphatic heterocycles. The summed E-state index contributed by atoms with van der Waals surface area (Å²) in [4.78, 5) is 23.0. The lowest BCUT2D eigenvalue weighted by atomic mass is 10.2. The van der Waals surface area contributed by atoms with Crippen LogP contribution in [-0.4, -0.2) is 11.9 Å². The number of benzene rings is 2. The predicted molar refractivity (Wildman–Crippen MR) is 90.6 cm³/mol. The fourth-order valence-electron chi connectivity index (χ4n) is 2.06. The van der Waals surface area contributed by atoms with Crippen LogP contribution >= 0.6 is 0 Å². The van der Waals surface area contributed by atoms with Crippen molar-refractivity contribution in [3.8, 4) is 0 Å². The third-order valence-corrected chi connectivity index (χ3v) is 3.18. The summed E-state index contributed by atoms with van der Waals surface area (Å²) in [7, 11) is 0. The van der Waals surface area contributed by atoms with E-state index in [0.717, 1.165) is 36.4 Å². The van der Waals surface area contributed by atoms with E-state index in [1.54, 1.807) is 0 Å². The molecule has 2 aromatic carbocycles. The van der Waals surface area contributed by atoms with Crippen LogP contribution in [0.5, 0.6) is 0 Å². The van der Waals surface area contributed by atoms with E-state index in [0.29, 0.717) is 12.1 Å². The van der Waals surface area contributed by atoms with Gasteiger partial charge in [-0.3, -0.25) is 0 Å². The largest absolute Gasteiger partial charge is 0.458 e. The van der Waals surface area contributed by atoms with Crippen molar-refractivity contribution in [2.45, 2.75) is 13.2 Å². The van der Waals surface area contributed by atoms with Gasteiger partial charge in [-0.1, -0.05) is 12.2 Å². The van der Waals surface area contributed by atoms with Gasteiger partial charge in [-0.15, -0.1) is 0 Å². The number of allylic oxidation sites excluding steroid dienone is 2. The van der Waals surface area contributed by atoms with Crippen LogP contribution in [0.25, 0.3) is 0 Å². The van der Waals surface area contributed by atoms with Gasteiger partial charge in [-0.25, -0.2) is 27.2 Å². The molecular formula is C20H14F4O4. The molecule has 0 saturated carbocycles. The van der Waals surface area contributed by atoms with Gasteiger partial charge in [0.15, 0.2) is 0 Å². The molecule has 0 unspecified atom stereocenters. The lowest BCUT2D eigenvalue weighted by Gasteiger charge is -2.03. The molecule has 0 heterocycles. The van der Waals surface area contributed by atoms with Crippen LogP contribution in [0.4, 0.5) is 17.6 Å². The van der Waals surface area contributed by atoms with Crippen molar-refractivity contribution in [1.29, 1.82) is 0 Å². The summed E-state index contributed by atoms with van der Waals surface area (Å²) < 4.78 is 61.6. The highest BCUT2D eigenvalue weighted by Crippen LogP contribution is 2.10. The molecule has 0 amide bonds. The summed E-state index contributed by atoms with van der Waals surface area (Å²) in [6, 6.07) is 5.50. The SMILES string of the molecule is O=C(/C=C/C=C/C(=O)OCc1cc(F)cc(F)c1)OCc1cc(F)cc(F)c1. The molecule has 4 nitrogen and oxygen atoms in total. The number of carbonyl (C=O) groups excluding carboxylic acids is 2. The first kappa shape index (κ1) is 20.9. The predicted octanol–water partition coefficient (Wildman–Crippen LogP) is 4.14. The van der Waals surface area contributed by atoms with Crippen molar-refractivity contribution in [2.24, 2.45) is 0 Å². The summed E-state index contributed by atoms with van der Waals surface area (Å²) in [5.41, 5.74) is 0.291. The van der Waals surface area contributed by atoms with Gasteiger partial charge in [0.1, 0.15) is 36.5 Å². The van der Waals surface area contributed by atoms with E-state index in [9.17, 15) is 27.2 Å². The van der Waals surface area contributed by atoms with Crippen LogP contribution in [0.3, 0.4) is 0 Å². The van der Waals surface area contributed by atoms with Gasteiger partial charge in [0.05, 0.1) is 0 Å². The molecule has 0 radical (unpaired) electrons. The van der Waals surface area contributed by atoms with Crippen molar-refractivity contribution < 1.29 is 36.6 Å². The Balaban J connectivity index is 1.75. The van der Waals surface area contributed by atoms with Gasteiger partial charge in [-0.05, 0) is 35.4 Å². The standard InChI is InChI=1S/C20H14F4O4/c21-15-5-13(6-16(22)9-15)11-27-19(25)3-1-2-4-20(26)28-12-14-7-17(23)10-18(24)8-14/h1-10H,11-12H2/b3-1+,4-2+. The Bertz CT molecular complexity index is 806. The molecule has 0 spiro atoms. The average molecular weight is 394 g/mol. The average Bonchev–Trinajstić information content (AvgIpc) is 2.60. The molecule has 146 valence electrons. The quantitative estimate of drug-likeness (QED) is 0.307. The van der Waals surface area contributed by atoms with E-state index >= 15 is 0 Å². The van der Waals surface area contributed by atoms with Gasteiger partial charge in [-0.2, -0.15) is 0 Å². The van der Waals surface area contributed by atoms with Crippen LogP contribution in [0.1, 0.15) is 11.1 Å². The molecule has 28 heavy (non-hydrogen) atoms. The number of carbonyl (C=O) groups is 2. The molecule has 0 N–H and O–H groups in total. The summed E-state index contributed by atoms with van der Waals surface area (Å²) in [5.74, 6) is -4.74. The highest BCUT2D eigenvalue weighted by atomic mass is 19.1. The Labute approximate surface area is 157 Å². The number of rotatable bonds is 7. The van der Waals surface area contributed by atoms with Crippen molar-refractivity contribution in [3.63, 3.8) is 0 Å². The third-order valence-electron chi connectivity index (χ3n) is 3.18. The number of hydrogen-bond donors (Lipinski definition) is 0. The lowest BCUT2D eigenvalue weighted by molar-refractivity contribution is -0.140. The fourth-order valence-corrected chi connectivity index (χ4v) is 2.06. The number of ether oxygens (including phenoxy) is 2.